The van der Waals surface area contributed by atoms with Gasteiger partial charge in [-0.2, -0.15) is 0 Å². The molecular formula is C24H32N2O3. The van der Waals surface area contributed by atoms with Gasteiger partial charge >= 0.3 is 5.97 Å². The van der Waals surface area contributed by atoms with E-state index in [1.54, 1.807) is 0 Å². The smallest absolute Gasteiger partial charge is 0.307 e. The summed E-state index contributed by atoms with van der Waals surface area (Å²) in [6.45, 7) is 4.91. The van der Waals surface area contributed by atoms with Crippen molar-refractivity contribution in [2.75, 3.05) is 44.3 Å². The maximum Gasteiger partial charge on any atom is 0.307 e. The maximum atomic E-state index is 11.2. The van der Waals surface area contributed by atoms with Crippen molar-refractivity contribution in [3.8, 4) is 0 Å². The lowest BCUT2D eigenvalue weighted by Gasteiger charge is -2.30. The van der Waals surface area contributed by atoms with Gasteiger partial charge < -0.3 is 19.6 Å². The average Bonchev–Trinajstić information content (AvgIpc) is 2.77. The molecule has 2 aromatic rings. The van der Waals surface area contributed by atoms with Crippen LogP contribution in [0.15, 0.2) is 60.7 Å². The number of carboxylic acid groups (broad SMARTS) is 1. The predicted octanol–water partition coefficient (Wildman–Crippen LogP) is 4.42. The first kappa shape index (κ1) is 21.3. The van der Waals surface area contributed by atoms with E-state index in [2.05, 4.69) is 58.3 Å². The van der Waals surface area contributed by atoms with Crippen molar-refractivity contribution in [1.29, 1.82) is 0 Å². The third-order valence-corrected chi connectivity index (χ3v) is 5.46. The molecule has 156 valence electrons. The van der Waals surface area contributed by atoms with Gasteiger partial charge in [0.15, 0.2) is 0 Å². The van der Waals surface area contributed by atoms with Gasteiger partial charge in [0, 0.05) is 31.1 Å². The molecule has 3 rings (SSSR count). The van der Waals surface area contributed by atoms with Crippen LogP contribution in [0.3, 0.4) is 0 Å². The van der Waals surface area contributed by atoms with Crippen molar-refractivity contribution >= 4 is 17.3 Å². The molecule has 1 aliphatic heterocycles. The number of nitrogens with zero attached hydrogens (tertiary/aromatic N) is 2. The first-order chi connectivity index (χ1) is 14.2. The lowest BCUT2D eigenvalue weighted by Crippen LogP contribution is -2.39. The minimum absolute atomic E-state index is 0.193. The fraction of sp³-hybridized carbons (Fsp3) is 0.458. The molecule has 0 spiro atoms. The highest BCUT2D eigenvalue weighted by Gasteiger charge is 2.24. The number of hydrogen-bond donors (Lipinski definition) is 1. The van der Waals surface area contributed by atoms with E-state index in [0.29, 0.717) is 13.2 Å². The average molecular weight is 397 g/mol. The summed E-state index contributed by atoms with van der Waals surface area (Å²) in [5, 5.41) is 9.18. The van der Waals surface area contributed by atoms with E-state index in [1.165, 1.54) is 11.4 Å². The van der Waals surface area contributed by atoms with E-state index in [9.17, 15) is 9.90 Å². The number of likely N-dealkylation sites (tertiary alicyclic amines) is 1. The summed E-state index contributed by atoms with van der Waals surface area (Å²) in [6.07, 6.45) is 3.86. The van der Waals surface area contributed by atoms with Crippen LogP contribution >= 0.6 is 0 Å². The van der Waals surface area contributed by atoms with Crippen molar-refractivity contribution in [2.45, 2.75) is 25.7 Å². The molecule has 5 heteroatoms. The van der Waals surface area contributed by atoms with Gasteiger partial charge in [-0.05, 0) is 63.0 Å². The Morgan fingerprint density at radius 1 is 1.00 bits per heavy atom. The van der Waals surface area contributed by atoms with E-state index >= 15 is 0 Å². The summed E-state index contributed by atoms with van der Waals surface area (Å²) in [6, 6.07) is 20.8. The van der Waals surface area contributed by atoms with Gasteiger partial charge in [0.1, 0.15) is 0 Å². The van der Waals surface area contributed by atoms with Crippen LogP contribution in [0.5, 0.6) is 0 Å². The second kappa shape index (κ2) is 11.6. The van der Waals surface area contributed by atoms with Crippen LogP contribution in [-0.2, 0) is 9.53 Å². The quantitative estimate of drug-likeness (QED) is 0.570. The topological polar surface area (TPSA) is 53.0 Å². The van der Waals surface area contributed by atoms with Crippen LogP contribution < -0.4 is 4.90 Å². The van der Waals surface area contributed by atoms with Crippen molar-refractivity contribution in [2.24, 2.45) is 5.92 Å². The zero-order valence-corrected chi connectivity index (χ0v) is 17.1. The molecule has 29 heavy (non-hydrogen) atoms. The Labute approximate surface area is 173 Å². The molecule has 0 radical (unpaired) electrons. The third kappa shape index (κ3) is 6.87. The van der Waals surface area contributed by atoms with E-state index in [1.807, 2.05) is 12.1 Å². The summed E-state index contributed by atoms with van der Waals surface area (Å²) in [4.78, 5) is 15.7. The summed E-state index contributed by atoms with van der Waals surface area (Å²) in [5.41, 5.74) is 2.33. The predicted molar refractivity (Wildman–Crippen MR) is 117 cm³/mol. The molecule has 0 aromatic heterocycles. The molecule has 0 bridgehead atoms. The Morgan fingerprint density at radius 2 is 1.66 bits per heavy atom. The molecule has 1 aliphatic rings. The number of piperidine rings is 1. The van der Waals surface area contributed by atoms with Crippen LogP contribution in [0.4, 0.5) is 11.4 Å². The van der Waals surface area contributed by atoms with Crippen LogP contribution in [0.2, 0.25) is 0 Å². The number of hydrogen-bond acceptors (Lipinski definition) is 4. The molecule has 1 atom stereocenters. The lowest BCUT2D eigenvalue weighted by atomic mass is 9.98. The molecule has 5 nitrogen and oxygen atoms in total. The van der Waals surface area contributed by atoms with Crippen LogP contribution in [0.1, 0.15) is 25.7 Å². The number of ether oxygens (including phenoxy) is 1. The van der Waals surface area contributed by atoms with Crippen molar-refractivity contribution in [3.05, 3.63) is 60.7 Å². The third-order valence-electron chi connectivity index (χ3n) is 5.46. The number of unbranched alkanes of at least 4 members (excludes halogenated alkanes) is 1. The van der Waals surface area contributed by atoms with Gasteiger partial charge in [-0.1, -0.05) is 36.4 Å². The summed E-state index contributed by atoms with van der Waals surface area (Å²) in [7, 11) is 0. The molecule has 1 fully saturated rings. The van der Waals surface area contributed by atoms with Gasteiger partial charge in [0.05, 0.1) is 12.5 Å². The second-order valence-electron chi connectivity index (χ2n) is 7.62. The Balaban J connectivity index is 1.36. The second-order valence-corrected chi connectivity index (χ2v) is 7.62. The first-order valence-corrected chi connectivity index (χ1v) is 10.6. The Bertz CT molecular complexity index is 684. The minimum Gasteiger partial charge on any atom is -0.481 e. The molecule has 2 aromatic carbocycles. The normalized spacial score (nSPS) is 17.2. The molecule has 0 unspecified atom stereocenters. The number of aliphatic carboxylic acids is 1. The number of benzene rings is 2. The van der Waals surface area contributed by atoms with Gasteiger partial charge in [0.2, 0.25) is 0 Å². The van der Waals surface area contributed by atoms with Crippen LogP contribution in [0.25, 0.3) is 0 Å². The summed E-state index contributed by atoms with van der Waals surface area (Å²) < 4.78 is 5.90. The molecule has 1 heterocycles. The monoisotopic (exact) mass is 396 g/mol. The highest BCUT2D eigenvalue weighted by molar-refractivity contribution is 5.70. The Kier molecular flexibility index (Phi) is 8.53. The number of carbonyl (C=O) groups is 1. The molecule has 0 amide bonds. The minimum atomic E-state index is -0.653. The summed E-state index contributed by atoms with van der Waals surface area (Å²) >= 11 is 0. The SMILES string of the molecule is O=C(O)[C@@H]1CCCN(CCCCOCCN(c2ccccc2)c2ccccc2)C1. The zero-order chi connectivity index (χ0) is 20.3. The van der Waals surface area contributed by atoms with E-state index in [4.69, 9.17) is 4.74 Å². The van der Waals surface area contributed by atoms with E-state index < -0.39 is 5.97 Å². The maximum absolute atomic E-state index is 11.2. The lowest BCUT2D eigenvalue weighted by molar-refractivity contribution is -0.143. The zero-order valence-electron chi connectivity index (χ0n) is 17.1. The number of para-hydroxylation sites is 2. The fourth-order valence-corrected chi connectivity index (χ4v) is 3.88. The van der Waals surface area contributed by atoms with E-state index in [0.717, 1.165) is 51.9 Å². The molecule has 1 saturated heterocycles. The standard InChI is InChI=1S/C24H32N2O3/c27-24(28)21-10-9-16-25(20-21)15-7-8-18-29-19-17-26(22-11-3-1-4-12-22)23-13-5-2-6-14-23/h1-6,11-14,21H,7-10,15-20H2,(H,27,28)/t21-/m1/s1. The molecule has 0 aliphatic carbocycles. The van der Waals surface area contributed by atoms with Crippen molar-refractivity contribution in [3.63, 3.8) is 0 Å². The van der Waals surface area contributed by atoms with Gasteiger partial charge in [0.25, 0.3) is 0 Å². The van der Waals surface area contributed by atoms with Crippen molar-refractivity contribution in [1.82, 2.24) is 4.90 Å². The Morgan fingerprint density at radius 3 is 2.28 bits per heavy atom. The van der Waals surface area contributed by atoms with E-state index in [-0.39, 0.29) is 5.92 Å². The highest BCUT2D eigenvalue weighted by Crippen LogP contribution is 2.24. The highest BCUT2D eigenvalue weighted by atomic mass is 16.5. The molecular weight excluding hydrogens is 364 g/mol. The molecule has 1 N–H and O–H groups in total. The Hall–Kier alpha value is -2.37. The van der Waals surface area contributed by atoms with Crippen LogP contribution in [0, 0.1) is 5.92 Å². The van der Waals surface area contributed by atoms with Crippen LogP contribution in [-0.4, -0.2) is 55.4 Å². The number of rotatable bonds is 11. The van der Waals surface area contributed by atoms with Gasteiger partial charge in [-0.15, -0.1) is 0 Å². The molecule has 0 saturated carbocycles. The van der Waals surface area contributed by atoms with Crippen molar-refractivity contribution < 1.29 is 14.6 Å². The summed E-state index contributed by atoms with van der Waals surface area (Å²) in [5.74, 6) is -0.846. The first-order valence-electron chi connectivity index (χ1n) is 10.6. The number of anilines is 2. The van der Waals surface area contributed by atoms with Gasteiger partial charge in [-0.3, -0.25) is 4.79 Å². The number of carboxylic acids is 1. The largest absolute Gasteiger partial charge is 0.481 e. The fourth-order valence-electron chi connectivity index (χ4n) is 3.88. The van der Waals surface area contributed by atoms with Gasteiger partial charge in [-0.25, -0.2) is 0 Å².